The summed E-state index contributed by atoms with van der Waals surface area (Å²) in [5.74, 6) is 0.548. The van der Waals surface area contributed by atoms with Gasteiger partial charge in [-0.05, 0) is 36.5 Å². The van der Waals surface area contributed by atoms with E-state index in [1.165, 1.54) is 0 Å². The first kappa shape index (κ1) is 13.5. The van der Waals surface area contributed by atoms with E-state index in [0.29, 0.717) is 5.92 Å². The topological polar surface area (TPSA) is 26.0 Å². The predicted molar refractivity (Wildman–Crippen MR) is 75.7 cm³/mol. The van der Waals surface area contributed by atoms with Crippen molar-refractivity contribution in [1.29, 1.82) is 0 Å². The van der Waals surface area contributed by atoms with Gasteiger partial charge in [0.25, 0.3) is 0 Å². The zero-order valence-corrected chi connectivity index (χ0v) is 11.6. The maximum absolute atomic E-state index is 6.07. The highest BCUT2D eigenvalue weighted by molar-refractivity contribution is 7.84. The molecule has 0 heterocycles. The van der Waals surface area contributed by atoms with Crippen LogP contribution in [0, 0.1) is 12.8 Å². The van der Waals surface area contributed by atoms with Crippen LogP contribution in [0.4, 0.5) is 0 Å². The van der Waals surface area contributed by atoms with Crippen LogP contribution in [-0.4, -0.2) is 0 Å². The van der Waals surface area contributed by atoms with E-state index >= 15 is 0 Å². The molecule has 0 aliphatic heterocycles. The Hall–Kier alpha value is -0.600. The Bertz CT molecular complexity index is 410. The molecule has 0 spiro atoms. The first-order valence-electron chi connectivity index (χ1n) is 5.36. The molecule has 0 amide bonds. The molecule has 0 radical (unpaired) electrons. The summed E-state index contributed by atoms with van der Waals surface area (Å²) in [6.07, 6.45) is 0.889. The van der Waals surface area contributed by atoms with Crippen molar-refractivity contribution in [2.75, 3.05) is 0 Å². The van der Waals surface area contributed by atoms with Crippen molar-refractivity contribution in [2.24, 2.45) is 11.7 Å². The highest BCUT2D eigenvalue weighted by atomic mass is 35.5. The van der Waals surface area contributed by atoms with Crippen LogP contribution >= 0.6 is 24.2 Å². The molecule has 0 saturated carbocycles. The summed E-state index contributed by atoms with van der Waals surface area (Å²) in [6.45, 7) is 6.26. The van der Waals surface area contributed by atoms with E-state index in [1.54, 1.807) is 0 Å². The van der Waals surface area contributed by atoms with Gasteiger partial charge in [-0.25, -0.2) is 0 Å². The largest absolute Gasteiger partial charge is 0.398 e. The van der Waals surface area contributed by atoms with Gasteiger partial charge in [0.05, 0.1) is 0 Å². The Morgan fingerprint density at radius 2 is 2.06 bits per heavy atom. The fraction of sp³-hybridized carbons (Fsp3) is 0.385. The van der Waals surface area contributed by atoms with E-state index < -0.39 is 0 Å². The molecule has 0 aromatic heterocycles. The monoisotopic (exact) mass is 255 g/mol. The van der Waals surface area contributed by atoms with Gasteiger partial charge in [-0.2, -0.15) is 0 Å². The highest BCUT2D eigenvalue weighted by Crippen LogP contribution is 2.25. The number of hydrogen-bond donors (Lipinski definition) is 2. The van der Waals surface area contributed by atoms with Gasteiger partial charge in [-0.3, -0.25) is 0 Å². The standard InChI is InChI=1S/C13H18ClNS/c1-8(2)6-12(16)13(15)10-5-4-9(3)11(14)7-10/h4-5,7-8,16H,6,15H2,1-3H3/b13-12-. The van der Waals surface area contributed by atoms with Gasteiger partial charge in [-0.15, -0.1) is 12.6 Å². The van der Waals surface area contributed by atoms with Crippen LogP contribution in [0.3, 0.4) is 0 Å². The summed E-state index contributed by atoms with van der Waals surface area (Å²) in [4.78, 5) is 0.926. The number of thiol groups is 1. The van der Waals surface area contributed by atoms with Crippen molar-refractivity contribution in [3.63, 3.8) is 0 Å². The lowest BCUT2D eigenvalue weighted by Crippen LogP contribution is -2.01. The van der Waals surface area contributed by atoms with Crippen LogP contribution in [0.15, 0.2) is 23.1 Å². The third-order valence-corrected chi connectivity index (χ3v) is 3.23. The Morgan fingerprint density at radius 3 is 2.56 bits per heavy atom. The Balaban J connectivity index is 3.03. The summed E-state index contributed by atoms with van der Waals surface area (Å²) in [5.41, 5.74) is 8.78. The quantitative estimate of drug-likeness (QED) is 0.776. The van der Waals surface area contributed by atoms with Crippen LogP contribution in [0.1, 0.15) is 31.4 Å². The average molecular weight is 256 g/mol. The van der Waals surface area contributed by atoms with Crippen LogP contribution in [0.2, 0.25) is 5.02 Å². The third kappa shape index (κ3) is 3.46. The molecule has 0 saturated heterocycles. The molecule has 0 unspecified atom stereocenters. The smallest absolute Gasteiger partial charge is 0.0482 e. The zero-order chi connectivity index (χ0) is 12.3. The lowest BCUT2D eigenvalue weighted by atomic mass is 10.1. The molecule has 1 rings (SSSR count). The van der Waals surface area contributed by atoms with Crippen molar-refractivity contribution >= 4 is 29.9 Å². The maximum atomic E-state index is 6.07. The third-order valence-electron chi connectivity index (χ3n) is 2.40. The van der Waals surface area contributed by atoms with Gasteiger partial charge in [-0.1, -0.05) is 37.6 Å². The molecule has 0 aliphatic rings. The molecule has 3 heteroatoms. The van der Waals surface area contributed by atoms with Crippen molar-refractivity contribution in [3.05, 3.63) is 39.3 Å². The van der Waals surface area contributed by atoms with Crippen molar-refractivity contribution < 1.29 is 0 Å². The fourth-order valence-corrected chi connectivity index (χ4v) is 2.10. The molecule has 0 bridgehead atoms. The SMILES string of the molecule is Cc1ccc(/C(N)=C(/S)CC(C)C)cc1Cl. The first-order valence-corrected chi connectivity index (χ1v) is 6.18. The van der Waals surface area contributed by atoms with Gasteiger partial charge in [0.1, 0.15) is 0 Å². The molecule has 16 heavy (non-hydrogen) atoms. The van der Waals surface area contributed by atoms with E-state index in [1.807, 2.05) is 25.1 Å². The molecule has 0 atom stereocenters. The number of aryl methyl sites for hydroxylation is 1. The number of rotatable bonds is 3. The molecule has 0 aliphatic carbocycles. The number of allylic oxidation sites excluding steroid dienone is 1. The van der Waals surface area contributed by atoms with Crippen LogP contribution in [0.25, 0.3) is 5.70 Å². The second-order valence-corrected chi connectivity index (χ2v) is 5.37. The summed E-state index contributed by atoms with van der Waals surface area (Å²) in [7, 11) is 0. The molecular formula is C13H18ClNS. The number of nitrogens with two attached hydrogens (primary N) is 1. The zero-order valence-electron chi connectivity index (χ0n) is 9.92. The number of hydrogen-bond acceptors (Lipinski definition) is 2. The van der Waals surface area contributed by atoms with Gasteiger partial charge in [0, 0.05) is 15.6 Å². The molecular weight excluding hydrogens is 238 g/mol. The van der Waals surface area contributed by atoms with Crippen molar-refractivity contribution in [3.8, 4) is 0 Å². The van der Waals surface area contributed by atoms with Gasteiger partial charge in [0.2, 0.25) is 0 Å². The van der Waals surface area contributed by atoms with Crippen molar-refractivity contribution in [1.82, 2.24) is 0 Å². The molecule has 1 aromatic rings. The number of halogens is 1. The minimum Gasteiger partial charge on any atom is -0.398 e. The maximum Gasteiger partial charge on any atom is 0.0482 e. The number of benzene rings is 1. The molecule has 88 valence electrons. The van der Waals surface area contributed by atoms with Crippen LogP contribution in [-0.2, 0) is 0 Å². The predicted octanol–water partition coefficient (Wildman–Crippen LogP) is 4.25. The first-order chi connectivity index (χ1) is 7.41. The molecule has 2 N–H and O–H groups in total. The summed E-state index contributed by atoms with van der Waals surface area (Å²) >= 11 is 10.5. The minimum absolute atomic E-state index is 0.548. The van der Waals surface area contributed by atoms with E-state index in [2.05, 4.69) is 26.5 Å². The van der Waals surface area contributed by atoms with Gasteiger partial charge < -0.3 is 5.73 Å². The van der Waals surface area contributed by atoms with Gasteiger partial charge >= 0.3 is 0 Å². The van der Waals surface area contributed by atoms with E-state index in [9.17, 15) is 0 Å². The normalized spacial score (nSPS) is 12.9. The lowest BCUT2D eigenvalue weighted by Gasteiger charge is -2.10. The van der Waals surface area contributed by atoms with Crippen LogP contribution in [0.5, 0.6) is 0 Å². The van der Waals surface area contributed by atoms with Crippen LogP contribution < -0.4 is 5.73 Å². The fourth-order valence-electron chi connectivity index (χ4n) is 1.42. The second kappa shape index (κ2) is 5.65. The van der Waals surface area contributed by atoms with E-state index in [0.717, 1.165) is 33.2 Å². The molecule has 1 aromatic carbocycles. The average Bonchev–Trinajstić information content (AvgIpc) is 2.20. The Kier molecular flexibility index (Phi) is 4.75. The summed E-state index contributed by atoms with van der Waals surface area (Å²) < 4.78 is 0. The summed E-state index contributed by atoms with van der Waals surface area (Å²) in [5, 5.41) is 0.742. The Morgan fingerprint density at radius 1 is 1.44 bits per heavy atom. The highest BCUT2D eigenvalue weighted by Gasteiger charge is 2.06. The molecule has 0 fully saturated rings. The minimum atomic E-state index is 0.548. The second-order valence-electron chi connectivity index (χ2n) is 4.42. The molecule has 1 nitrogen and oxygen atoms in total. The van der Waals surface area contributed by atoms with E-state index in [4.69, 9.17) is 17.3 Å². The lowest BCUT2D eigenvalue weighted by molar-refractivity contribution is 0.659. The van der Waals surface area contributed by atoms with Gasteiger partial charge in [0.15, 0.2) is 0 Å². The summed E-state index contributed by atoms with van der Waals surface area (Å²) in [6, 6.07) is 5.84. The Labute approximate surface area is 108 Å². The van der Waals surface area contributed by atoms with E-state index in [-0.39, 0.29) is 0 Å². The van der Waals surface area contributed by atoms with Crippen molar-refractivity contribution in [2.45, 2.75) is 27.2 Å².